The van der Waals surface area contributed by atoms with Crippen LogP contribution in [-0.4, -0.2) is 45.6 Å². The van der Waals surface area contributed by atoms with Crippen LogP contribution in [0, 0.1) is 0 Å². The molecule has 0 radical (unpaired) electrons. The lowest BCUT2D eigenvalue weighted by atomic mass is 9.83. The van der Waals surface area contributed by atoms with Crippen molar-refractivity contribution in [3.63, 3.8) is 0 Å². The minimum Gasteiger partial charge on any atom is -0.388 e. The SMILES string of the molecule is CC(=O)N[C@@H]1[C@@H](O)[C@@H](O)[C@@H](C)OC1(O)c1cccc2c1Cc1ccccc1-2. The van der Waals surface area contributed by atoms with Gasteiger partial charge in [-0.2, -0.15) is 0 Å². The second-order valence-corrected chi connectivity index (χ2v) is 7.34. The summed E-state index contributed by atoms with van der Waals surface area (Å²) in [5.41, 5.74) is 4.62. The van der Waals surface area contributed by atoms with Gasteiger partial charge in [-0.3, -0.25) is 4.79 Å². The minimum absolute atomic E-state index is 0.432. The van der Waals surface area contributed by atoms with Crippen LogP contribution in [0.2, 0.25) is 0 Å². The van der Waals surface area contributed by atoms with Crippen molar-refractivity contribution < 1.29 is 24.9 Å². The number of aliphatic hydroxyl groups is 3. The van der Waals surface area contributed by atoms with Crippen molar-refractivity contribution in [1.82, 2.24) is 5.32 Å². The van der Waals surface area contributed by atoms with Crippen LogP contribution in [0.15, 0.2) is 42.5 Å². The molecule has 1 unspecified atom stereocenters. The maximum absolute atomic E-state index is 11.7. The summed E-state index contributed by atoms with van der Waals surface area (Å²) in [7, 11) is 0. The smallest absolute Gasteiger partial charge is 0.217 e. The molecule has 142 valence electrons. The Kier molecular flexibility index (Phi) is 4.31. The normalized spacial score (nSPS) is 31.9. The Bertz CT molecular complexity index is 898. The van der Waals surface area contributed by atoms with E-state index in [2.05, 4.69) is 5.32 Å². The fraction of sp³-hybridized carbons (Fsp3) is 0.381. The number of hydrogen-bond acceptors (Lipinski definition) is 5. The Balaban J connectivity index is 1.85. The minimum atomic E-state index is -1.96. The van der Waals surface area contributed by atoms with Crippen LogP contribution in [0.3, 0.4) is 0 Å². The van der Waals surface area contributed by atoms with E-state index in [1.54, 1.807) is 13.0 Å². The number of nitrogens with one attached hydrogen (secondary N) is 1. The Labute approximate surface area is 157 Å². The third-order valence-corrected chi connectivity index (χ3v) is 5.55. The lowest BCUT2D eigenvalue weighted by Gasteiger charge is -2.48. The summed E-state index contributed by atoms with van der Waals surface area (Å²) in [4.78, 5) is 11.7. The van der Waals surface area contributed by atoms with Crippen LogP contribution in [0.1, 0.15) is 30.5 Å². The lowest BCUT2D eigenvalue weighted by molar-refractivity contribution is -0.319. The summed E-state index contributed by atoms with van der Waals surface area (Å²) in [5.74, 6) is -2.39. The molecular weight excluding hydrogens is 346 g/mol. The number of amides is 1. The predicted octanol–water partition coefficient (Wildman–Crippen LogP) is 1.05. The highest BCUT2D eigenvalue weighted by Gasteiger charge is 2.54. The quantitative estimate of drug-likeness (QED) is 0.541. The number of ether oxygens (including phenoxy) is 1. The molecule has 2 aromatic carbocycles. The average molecular weight is 369 g/mol. The van der Waals surface area contributed by atoms with Crippen molar-refractivity contribution in [3.05, 3.63) is 59.2 Å². The molecule has 1 heterocycles. The zero-order chi connectivity index (χ0) is 19.3. The van der Waals surface area contributed by atoms with Crippen molar-refractivity contribution in [3.8, 4) is 11.1 Å². The standard InChI is InChI=1S/C21H23NO5/c1-11-18(24)19(25)20(22-12(2)23)21(26,27-11)17-9-5-8-15-14-7-4-3-6-13(14)10-16(15)17/h3-9,11,18-20,24-26H,10H2,1-2H3,(H,22,23)/t11-,18+,19+,20-,21?/m1/s1. The molecule has 4 rings (SSSR count). The predicted molar refractivity (Wildman–Crippen MR) is 98.7 cm³/mol. The number of carbonyl (C=O) groups is 1. The van der Waals surface area contributed by atoms with Crippen molar-refractivity contribution in [2.24, 2.45) is 0 Å². The Morgan fingerprint density at radius 1 is 1.11 bits per heavy atom. The van der Waals surface area contributed by atoms with E-state index in [0.717, 1.165) is 22.3 Å². The van der Waals surface area contributed by atoms with Gasteiger partial charge in [-0.1, -0.05) is 42.5 Å². The molecule has 1 aliphatic heterocycles. The highest BCUT2D eigenvalue weighted by Crippen LogP contribution is 2.44. The highest BCUT2D eigenvalue weighted by molar-refractivity contribution is 5.78. The lowest BCUT2D eigenvalue weighted by Crippen LogP contribution is -2.67. The molecule has 1 fully saturated rings. The van der Waals surface area contributed by atoms with E-state index in [9.17, 15) is 20.1 Å². The van der Waals surface area contributed by atoms with E-state index < -0.39 is 36.0 Å². The van der Waals surface area contributed by atoms with Gasteiger partial charge >= 0.3 is 0 Å². The molecule has 0 spiro atoms. The molecule has 1 saturated heterocycles. The van der Waals surface area contributed by atoms with Gasteiger partial charge in [0, 0.05) is 12.5 Å². The monoisotopic (exact) mass is 369 g/mol. The topological polar surface area (TPSA) is 99.0 Å². The van der Waals surface area contributed by atoms with Gasteiger partial charge in [-0.15, -0.1) is 0 Å². The molecule has 4 N–H and O–H groups in total. The second kappa shape index (κ2) is 6.42. The van der Waals surface area contributed by atoms with Crippen molar-refractivity contribution in [1.29, 1.82) is 0 Å². The average Bonchev–Trinajstić information content (AvgIpc) is 3.02. The first-order valence-electron chi connectivity index (χ1n) is 9.07. The van der Waals surface area contributed by atoms with Gasteiger partial charge in [0.05, 0.1) is 6.10 Å². The molecule has 1 aliphatic carbocycles. The molecule has 0 saturated carbocycles. The van der Waals surface area contributed by atoms with Gasteiger partial charge in [0.2, 0.25) is 11.7 Å². The zero-order valence-corrected chi connectivity index (χ0v) is 15.2. The van der Waals surface area contributed by atoms with E-state index in [-0.39, 0.29) is 0 Å². The first-order chi connectivity index (χ1) is 12.8. The maximum Gasteiger partial charge on any atom is 0.217 e. The van der Waals surface area contributed by atoms with E-state index in [1.807, 2.05) is 36.4 Å². The molecule has 2 aromatic rings. The summed E-state index contributed by atoms with van der Waals surface area (Å²) in [6.07, 6.45) is -2.79. The Morgan fingerprint density at radius 3 is 2.56 bits per heavy atom. The number of benzene rings is 2. The summed E-state index contributed by atoms with van der Waals surface area (Å²) >= 11 is 0. The van der Waals surface area contributed by atoms with Gasteiger partial charge in [0.1, 0.15) is 18.2 Å². The third-order valence-electron chi connectivity index (χ3n) is 5.55. The van der Waals surface area contributed by atoms with E-state index in [0.29, 0.717) is 12.0 Å². The fourth-order valence-corrected chi connectivity index (χ4v) is 4.26. The van der Waals surface area contributed by atoms with Crippen LogP contribution in [0.5, 0.6) is 0 Å². The first-order valence-corrected chi connectivity index (χ1v) is 9.07. The summed E-state index contributed by atoms with van der Waals surface area (Å²) in [6, 6.07) is 12.4. The van der Waals surface area contributed by atoms with E-state index >= 15 is 0 Å². The van der Waals surface area contributed by atoms with Gasteiger partial charge in [0.15, 0.2) is 0 Å². The number of aliphatic hydroxyl groups excluding tert-OH is 2. The molecule has 0 bridgehead atoms. The zero-order valence-electron chi connectivity index (χ0n) is 15.2. The van der Waals surface area contributed by atoms with Gasteiger partial charge < -0.3 is 25.4 Å². The molecule has 27 heavy (non-hydrogen) atoms. The first kappa shape index (κ1) is 18.1. The van der Waals surface area contributed by atoms with Crippen LogP contribution in [-0.2, 0) is 21.7 Å². The molecule has 0 aromatic heterocycles. The van der Waals surface area contributed by atoms with Crippen LogP contribution in [0.25, 0.3) is 11.1 Å². The summed E-state index contributed by atoms with van der Waals surface area (Å²) < 4.78 is 5.81. The number of rotatable bonds is 2. The van der Waals surface area contributed by atoms with Crippen molar-refractivity contribution >= 4 is 5.91 Å². The molecule has 1 amide bonds. The molecule has 6 nitrogen and oxygen atoms in total. The number of carbonyl (C=O) groups excluding carboxylic acids is 1. The van der Waals surface area contributed by atoms with Gasteiger partial charge in [-0.25, -0.2) is 0 Å². The molecule has 6 heteroatoms. The van der Waals surface area contributed by atoms with Gasteiger partial charge in [-0.05, 0) is 35.6 Å². The number of hydrogen-bond donors (Lipinski definition) is 4. The Hall–Kier alpha value is -2.25. The summed E-state index contributed by atoms with van der Waals surface area (Å²) in [5, 5.41) is 34.9. The second-order valence-electron chi connectivity index (χ2n) is 7.34. The van der Waals surface area contributed by atoms with E-state index in [4.69, 9.17) is 4.74 Å². The van der Waals surface area contributed by atoms with Crippen LogP contribution >= 0.6 is 0 Å². The van der Waals surface area contributed by atoms with Crippen molar-refractivity contribution in [2.45, 2.75) is 50.4 Å². The summed E-state index contributed by atoms with van der Waals surface area (Å²) in [6.45, 7) is 2.88. The highest BCUT2D eigenvalue weighted by atomic mass is 16.6. The molecule has 2 aliphatic rings. The fourth-order valence-electron chi connectivity index (χ4n) is 4.26. The largest absolute Gasteiger partial charge is 0.388 e. The Morgan fingerprint density at radius 2 is 1.81 bits per heavy atom. The molecule has 5 atom stereocenters. The molecular formula is C21H23NO5. The van der Waals surface area contributed by atoms with E-state index in [1.165, 1.54) is 6.92 Å². The maximum atomic E-state index is 11.7. The third kappa shape index (κ3) is 2.76. The van der Waals surface area contributed by atoms with Gasteiger partial charge in [0.25, 0.3) is 0 Å². The van der Waals surface area contributed by atoms with Crippen molar-refractivity contribution in [2.75, 3.05) is 0 Å². The van der Waals surface area contributed by atoms with Crippen LogP contribution < -0.4 is 5.32 Å². The van der Waals surface area contributed by atoms with Crippen LogP contribution in [0.4, 0.5) is 0 Å². The number of fused-ring (bicyclic) bond motifs is 3.